The molecule has 1 aromatic heterocycles. The second kappa shape index (κ2) is 5.49. The first-order valence-electron chi connectivity index (χ1n) is 6.11. The van der Waals surface area contributed by atoms with Crippen LogP contribution in [0.2, 0.25) is 0 Å². The van der Waals surface area contributed by atoms with E-state index in [4.69, 9.17) is 5.73 Å². The van der Waals surface area contributed by atoms with E-state index in [-0.39, 0.29) is 6.04 Å². The molecule has 0 aliphatic heterocycles. The van der Waals surface area contributed by atoms with Crippen molar-refractivity contribution in [3.05, 3.63) is 47.8 Å². The Morgan fingerprint density at radius 1 is 1.22 bits per heavy atom. The van der Waals surface area contributed by atoms with E-state index in [0.29, 0.717) is 11.6 Å². The van der Waals surface area contributed by atoms with Crippen LogP contribution < -0.4 is 11.1 Å². The third-order valence-electron chi connectivity index (χ3n) is 2.79. The monoisotopic (exact) mass is 242 g/mol. The third-order valence-corrected chi connectivity index (χ3v) is 2.79. The molecule has 0 aliphatic rings. The highest BCUT2D eigenvalue weighted by molar-refractivity contribution is 5.46. The van der Waals surface area contributed by atoms with Crippen molar-refractivity contribution in [2.45, 2.75) is 26.3 Å². The summed E-state index contributed by atoms with van der Waals surface area (Å²) in [4.78, 5) is 8.41. The van der Waals surface area contributed by atoms with Crippen LogP contribution in [0.1, 0.15) is 30.8 Å². The molecule has 1 aromatic carbocycles. The minimum absolute atomic E-state index is 0.236. The van der Waals surface area contributed by atoms with Crippen molar-refractivity contribution < 1.29 is 0 Å². The average Bonchev–Trinajstić information content (AvgIpc) is 2.36. The van der Waals surface area contributed by atoms with Crippen LogP contribution in [-0.2, 0) is 0 Å². The quantitative estimate of drug-likeness (QED) is 0.865. The Morgan fingerprint density at radius 3 is 2.56 bits per heavy atom. The molecule has 2 rings (SSSR count). The van der Waals surface area contributed by atoms with Crippen LogP contribution in [0.3, 0.4) is 0 Å². The summed E-state index contributed by atoms with van der Waals surface area (Å²) in [6.45, 7) is 3.98. The van der Waals surface area contributed by atoms with Crippen LogP contribution in [-0.4, -0.2) is 9.97 Å². The van der Waals surface area contributed by atoms with Gasteiger partial charge < -0.3 is 11.1 Å². The largest absolute Gasteiger partial charge is 0.384 e. The van der Waals surface area contributed by atoms with E-state index in [2.05, 4.69) is 34.3 Å². The van der Waals surface area contributed by atoms with Gasteiger partial charge in [0.1, 0.15) is 17.5 Å². The van der Waals surface area contributed by atoms with Gasteiger partial charge in [-0.25, -0.2) is 9.97 Å². The highest BCUT2D eigenvalue weighted by atomic mass is 15.1. The van der Waals surface area contributed by atoms with Crippen molar-refractivity contribution in [3.63, 3.8) is 0 Å². The summed E-state index contributed by atoms with van der Waals surface area (Å²) in [5.41, 5.74) is 6.97. The van der Waals surface area contributed by atoms with Gasteiger partial charge in [-0.05, 0) is 18.9 Å². The van der Waals surface area contributed by atoms with Gasteiger partial charge in [0.15, 0.2) is 0 Å². The zero-order valence-corrected chi connectivity index (χ0v) is 10.7. The van der Waals surface area contributed by atoms with E-state index in [0.717, 1.165) is 12.2 Å². The highest BCUT2D eigenvalue weighted by Crippen LogP contribution is 2.21. The summed E-state index contributed by atoms with van der Waals surface area (Å²) in [6.07, 6.45) is 0.979. The smallest absolute Gasteiger partial charge is 0.132 e. The molecule has 1 unspecified atom stereocenters. The van der Waals surface area contributed by atoms with E-state index in [1.165, 1.54) is 5.56 Å². The summed E-state index contributed by atoms with van der Waals surface area (Å²) in [5, 5.41) is 3.40. The molecule has 4 heteroatoms. The Morgan fingerprint density at radius 2 is 1.94 bits per heavy atom. The van der Waals surface area contributed by atoms with E-state index in [1.54, 1.807) is 6.07 Å². The van der Waals surface area contributed by atoms with Crippen LogP contribution >= 0.6 is 0 Å². The van der Waals surface area contributed by atoms with Crippen LogP contribution in [0.25, 0.3) is 0 Å². The van der Waals surface area contributed by atoms with Crippen LogP contribution in [0.4, 0.5) is 11.6 Å². The topological polar surface area (TPSA) is 63.8 Å². The van der Waals surface area contributed by atoms with Gasteiger partial charge in [0.2, 0.25) is 0 Å². The van der Waals surface area contributed by atoms with Crippen LogP contribution in [0.15, 0.2) is 36.4 Å². The molecule has 0 fully saturated rings. The van der Waals surface area contributed by atoms with Gasteiger partial charge in [-0.1, -0.05) is 37.3 Å². The summed E-state index contributed by atoms with van der Waals surface area (Å²) < 4.78 is 0. The predicted molar refractivity (Wildman–Crippen MR) is 74.3 cm³/mol. The molecular weight excluding hydrogens is 224 g/mol. The van der Waals surface area contributed by atoms with Gasteiger partial charge >= 0.3 is 0 Å². The molecule has 0 bridgehead atoms. The maximum Gasteiger partial charge on any atom is 0.132 e. The molecule has 0 amide bonds. The third kappa shape index (κ3) is 2.97. The van der Waals surface area contributed by atoms with Gasteiger partial charge in [-0.15, -0.1) is 0 Å². The van der Waals surface area contributed by atoms with E-state index >= 15 is 0 Å². The second-order valence-electron chi connectivity index (χ2n) is 4.24. The number of anilines is 2. The summed E-state index contributed by atoms with van der Waals surface area (Å²) in [5.74, 6) is 1.95. The second-order valence-corrected chi connectivity index (χ2v) is 4.24. The minimum atomic E-state index is 0.236. The first-order valence-corrected chi connectivity index (χ1v) is 6.11. The lowest BCUT2D eigenvalue weighted by atomic mass is 10.0. The first-order chi connectivity index (χ1) is 8.69. The Labute approximate surface area is 107 Å². The molecule has 0 aliphatic carbocycles. The minimum Gasteiger partial charge on any atom is -0.384 e. The zero-order valence-electron chi connectivity index (χ0n) is 10.7. The average molecular weight is 242 g/mol. The molecule has 1 atom stereocenters. The van der Waals surface area contributed by atoms with Crippen LogP contribution in [0.5, 0.6) is 0 Å². The number of aryl methyl sites for hydroxylation is 1. The van der Waals surface area contributed by atoms with E-state index in [1.807, 2.05) is 25.1 Å². The Bertz CT molecular complexity index is 490. The first kappa shape index (κ1) is 12.4. The van der Waals surface area contributed by atoms with Crippen molar-refractivity contribution in [2.24, 2.45) is 0 Å². The SMILES string of the molecule is CCC(Nc1cc(N)nc(C)n1)c1ccccc1. The number of nitrogens with zero attached hydrogens (tertiary/aromatic N) is 2. The highest BCUT2D eigenvalue weighted by Gasteiger charge is 2.09. The summed E-state index contributed by atoms with van der Waals surface area (Å²) >= 11 is 0. The lowest BCUT2D eigenvalue weighted by molar-refractivity contribution is 0.743. The molecule has 0 saturated carbocycles. The molecule has 1 heterocycles. The van der Waals surface area contributed by atoms with Crippen molar-refractivity contribution in [2.75, 3.05) is 11.1 Å². The van der Waals surface area contributed by atoms with Crippen molar-refractivity contribution in [1.29, 1.82) is 0 Å². The molecule has 2 aromatic rings. The lowest BCUT2D eigenvalue weighted by Crippen LogP contribution is -2.12. The molecule has 18 heavy (non-hydrogen) atoms. The van der Waals surface area contributed by atoms with Gasteiger partial charge in [-0.3, -0.25) is 0 Å². The fourth-order valence-electron chi connectivity index (χ4n) is 1.95. The fraction of sp³-hybridized carbons (Fsp3) is 0.286. The van der Waals surface area contributed by atoms with E-state index in [9.17, 15) is 0 Å². The predicted octanol–water partition coefficient (Wildman–Crippen LogP) is 2.93. The molecule has 3 N–H and O–H groups in total. The van der Waals surface area contributed by atoms with Crippen molar-refractivity contribution in [1.82, 2.24) is 9.97 Å². The number of nitrogens with one attached hydrogen (secondary N) is 1. The normalized spacial score (nSPS) is 12.1. The van der Waals surface area contributed by atoms with Gasteiger partial charge in [0, 0.05) is 6.07 Å². The fourth-order valence-corrected chi connectivity index (χ4v) is 1.95. The molecule has 0 saturated heterocycles. The molecule has 0 radical (unpaired) electrons. The molecule has 4 nitrogen and oxygen atoms in total. The number of aromatic nitrogens is 2. The number of hydrogen-bond acceptors (Lipinski definition) is 4. The molecule has 0 spiro atoms. The number of nitrogen functional groups attached to an aromatic ring is 1. The van der Waals surface area contributed by atoms with Gasteiger partial charge in [0.05, 0.1) is 6.04 Å². The van der Waals surface area contributed by atoms with E-state index < -0.39 is 0 Å². The lowest BCUT2D eigenvalue weighted by Gasteiger charge is -2.18. The number of benzene rings is 1. The number of nitrogens with two attached hydrogens (primary N) is 1. The maximum atomic E-state index is 5.72. The van der Waals surface area contributed by atoms with Gasteiger partial charge in [-0.2, -0.15) is 0 Å². The van der Waals surface area contributed by atoms with Crippen molar-refractivity contribution >= 4 is 11.6 Å². The zero-order chi connectivity index (χ0) is 13.0. The maximum absolute atomic E-state index is 5.72. The summed E-state index contributed by atoms with van der Waals surface area (Å²) in [7, 11) is 0. The van der Waals surface area contributed by atoms with Gasteiger partial charge in [0.25, 0.3) is 0 Å². The Hall–Kier alpha value is -2.10. The summed E-state index contributed by atoms with van der Waals surface area (Å²) in [6, 6.07) is 12.3. The Kier molecular flexibility index (Phi) is 3.77. The molecular formula is C14H18N4. The van der Waals surface area contributed by atoms with Crippen LogP contribution in [0, 0.1) is 6.92 Å². The van der Waals surface area contributed by atoms with Crippen molar-refractivity contribution in [3.8, 4) is 0 Å². The number of hydrogen-bond donors (Lipinski definition) is 2. The Balaban J connectivity index is 2.20. The number of rotatable bonds is 4. The molecule has 94 valence electrons. The standard InChI is InChI=1S/C14H18N4/c1-3-12(11-7-5-4-6-8-11)18-14-9-13(15)16-10(2)17-14/h4-9,12H,3H2,1-2H3,(H3,15,16,17,18).